The molecule has 0 aliphatic heterocycles. The lowest BCUT2D eigenvalue weighted by Crippen LogP contribution is -2.32. The molecule has 0 fully saturated rings. The van der Waals surface area contributed by atoms with Gasteiger partial charge >= 0.3 is 0 Å². The van der Waals surface area contributed by atoms with Crippen LogP contribution in [0.3, 0.4) is 0 Å². The maximum atomic E-state index is 12.8. The van der Waals surface area contributed by atoms with E-state index in [1.807, 2.05) is 32.0 Å². The van der Waals surface area contributed by atoms with Crippen LogP contribution in [0, 0.1) is 0 Å². The Morgan fingerprint density at radius 1 is 1.29 bits per heavy atom. The number of thioether (sulfide) groups is 1. The van der Waals surface area contributed by atoms with Gasteiger partial charge in [0, 0.05) is 13.1 Å². The molecular weight excluding hydrogens is 322 g/mol. The number of aromatic nitrogens is 2. The molecule has 0 radical (unpaired) electrons. The number of nitrogens with one attached hydrogen (secondary N) is 1. The Balaban J connectivity index is 2.36. The summed E-state index contributed by atoms with van der Waals surface area (Å²) in [5.41, 5.74) is 0.650. The van der Waals surface area contributed by atoms with Crippen molar-refractivity contribution >= 4 is 28.6 Å². The van der Waals surface area contributed by atoms with Crippen molar-refractivity contribution in [3.05, 3.63) is 34.6 Å². The van der Waals surface area contributed by atoms with Crippen LogP contribution in [0.25, 0.3) is 10.9 Å². The first-order valence-corrected chi connectivity index (χ1v) is 9.40. The van der Waals surface area contributed by atoms with E-state index in [9.17, 15) is 9.59 Å². The fourth-order valence-corrected chi connectivity index (χ4v) is 3.31. The van der Waals surface area contributed by atoms with Crippen LogP contribution in [0.2, 0.25) is 0 Å². The van der Waals surface area contributed by atoms with E-state index >= 15 is 0 Å². The topological polar surface area (TPSA) is 64.0 Å². The van der Waals surface area contributed by atoms with Crippen molar-refractivity contribution in [3.8, 4) is 0 Å². The highest BCUT2D eigenvalue weighted by molar-refractivity contribution is 8.00. The molecule has 1 unspecified atom stereocenters. The minimum absolute atomic E-state index is 0.0219. The second-order valence-corrected chi connectivity index (χ2v) is 7.08. The van der Waals surface area contributed by atoms with Crippen LogP contribution in [0.15, 0.2) is 34.2 Å². The highest BCUT2D eigenvalue weighted by Crippen LogP contribution is 2.23. The highest BCUT2D eigenvalue weighted by atomic mass is 32.2. The lowest BCUT2D eigenvalue weighted by atomic mass is 10.2. The molecule has 5 nitrogen and oxygen atoms in total. The summed E-state index contributed by atoms with van der Waals surface area (Å²) >= 11 is 1.35. The van der Waals surface area contributed by atoms with Gasteiger partial charge in [-0.2, -0.15) is 0 Å². The number of fused-ring (bicyclic) bond motifs is 1. The van der Waals surface area contributed by atoms with Crippen LogP contribution >= 0.6 is 11.8 Å². The van der Waals surface area contributed by atoms with Gasteiger partial charge in [-0.05, 0) is 31.9 Å². The average Bonchev–Trinajstić information content (AvgIpc) is 2.59. The first-order valence-electron chi connectivity index (χ1n) is 8.52. The maximum absolute atomic E-state index is 12.8. The molecule has 1 aromatic heterocycles. The molecular formula is C18H25N3O2S. The molecule has 0 saturated carbocycles. The van der Waals surface area contributed by atoms with Crippen LogP contribution < -0.4 is 10.9 Å². The molecule has 1 N–H and O–H groups in total. The van der Waals surface area contributed by atoms with E-state index in [1.54, 1.807) is 10.6 Å². The van der Waals surface area contributed by atoms with Crippen LogP contribution in [-0.2, 0) is 11.3 Å². The van der Waals surface area contributed by atoms with Crippen molar-refractivity contribution in [1.29, 1.82) is 0 Å². The number of amides is 1. The smallest absolute Gasteiger partial charge is 0.262 e. The second-order valence-electron chi connectivity index (χ2n) is 5.77. The molecule has 1 amide bonds. The summed E-state index contributed by atoms with van der Waals surface area (Å²) in [5.74, 6) is -0.0219. The standard InChI is InChI=1S/C18H25N3O2S/c1-4-6-12-21-17(23)14-9-7-8-10-15(14)20-18(21)24-13(3)16(22)19-11-5-2/h7-10,13H,4-6,11-12H2,1-3H3,(H,19,22). The first kappa shape index (κ1) is 18.5. The van der Waals surface area contributed by atoms with Gasteiger partial charge in [-0.15, -0.1) is 0 Å². The lowest BCUT2D eigenvalue weighted by molar-refractivity contribution is -0.120. The number of carbonyl (C=O) groups excluding carboxylic acids is 1. The summed E-state index contributed by atoms with van der Waals surface area (Å²) in [6.07, 6.45) is 2.80. The van der Waals surface area contributed by atoms with Crippen molar-refractivity contribution in [3.63, 3.8) is 0 Å². The molecule has 2 rings (SSSR count). The molecule has 2 aromatic rings. The molecule has 1 aromatic carbocycles. The predicted molar refractivity (Wildman–Crippen MR) is 99.5 cm³/mol. The molecule has 0 aliphatic carbocycles. The highest BCUT2D eigenvalue weighted by Gasteiger charge is 2.18. The van der Waals surface area contributed by atoms with Gasteiger partial charge in [0.05, 0.1) is 16.2 Å². The maximum Gasteiger partial charge on any atom is 0.262 e. The molecule has 0 bridgehead atoms. The molecule has 0 spiro atoms. The molecule has 130 valence electrons. The molecule has 1 heterocycles. The quantitative estimate of drug-likeness (QED) is 0.588. The zero-order valence-electron chi connectivity index (χ0n) is 14.5. The van der Waals surface area contributed by atoms with E-state index < -0.39 is 0 Å². The number of benzene rings is 1. The van der Waals surface area contributed by atoms with E-state index in [-0.39, 0.29) is 16.7 Å². The van der Waals surface area contributed by atoms with Crippen LogP contribution in [-0.4, -0.2) is 27.3 Å². The van der Waals surface area contributed by atoms with E-state index in [0.717, 1.165) is 19.3 Å². The number of carbonyl (C=O) groups is 1. The SMILES string of the molecule is CCCCn1c(SC(C)C(=O)NCCC)nc2ccccc2c1=O. The van der Waals surface area contributed by atoms with Crippen molar-refractivity contribution in [2.45, 2.75) is 57.0 Å². The Hall–Kier alpha value is -1.82. The second kappa shape index (κ2) is 8.87. The van der Waals surface area contributed by atoms with Crippen LogP contribution in [0.1, 0.15) is 40.0 Å². The molecule has 0 saturated heterocycles. The number of nitrogens with zero attached hydrogens (tertiary/aromatic N) is 2. The summed E-state index contributed by atoms with van der Waals surface area (Å²) in [6, 6.07) is 7.37. The van der Waals surface area contributed by atoms with E-state index in [2.05, 4.69) is 17.2 Å². The van der Waals surface area contributed by atoms with E-state index in [0.29, 0.717) is 29.1 Å². The number of unbranched alkanes of at least 4 members (excludes halogenated alkanes) is 1. The fraction of sp³-hybridized carbons (Fsp3) is 0.500. The number of para-hydroxylation sites is 1. The van der Waals surface area contributed by atoms with Gasteiger partial charge in [-0.3, -0.25) is 14.2 Å². The number of hydrogen-bond acceptors (Lipinski definition) is 4. The monoisotopic (exact) mass is 347 g/mol. The van der Waals surface area contributed by atoms with Gasteiger partial charge in [-0.25, -0.2) is 4.98 Å². The van der Waals surface area contributed by atoms with Gasteiger partial charge in [0.25, 0.3) is 5.56 Å². The van der Waals surface area contributed by atoms with E-state index in [1.165, 1.54) is 11.8 Å². The molecule has 0 aliphatic rings. The summed E-state index contributed by atoms with van der Waals surface area (Å²) in [6.45, 7) is 7.25. The molecule has 24 heavy (non-hydrogen) atoms. The van der Waals surface area contributed by atoms with Gasteiger partial charge in [-0.1, -0.05) is 44.2 Å². The Morgan fingerprint density at radius 2 is 2.04 bits per heavy atom. The number of hydrogen-bond donors (Lipinski definition) is 1. The Labute approximate surface area is 146 Å². The Morgan fingerprint density at radius 3 is 2.75 bits per heavy atom. The van der Waals surface area contributed by atoms with Crippen molar-refractivity contribution in [2.24, 2.45) is 0 Å². The predicted octanol–water partition coefficient (Wildman–Crippen LogP) is 3.20. The van der Waals surface area contributed by atoms with Crippen molar-refractivity contribution in [2.75, 3.05) is 6.54 Å². The van der Waals surface area contributed by atoms with Gasteiger partial charge < -0.3 is 5.32 Å². The normalized spacial score (nSPS) is 12.3. The largest absolute Gasteiger partial charge is 0.355 e. The van der Waals surface area contributed by atoms with Gasteiger partial charge in [0.2, 0.25) is 5.91 Å². The summed E-state index contributed by atoms with van der Waals surface area (Å²) in [7, 11) is 0. The third-order valence-corrected chi connectivity index (χ3v) is 4.85. The first-order chi connectivity index (χ1) is 11.6. The minimum atomic E-state index is -0.294. The van der Waals surface area contributed by atoms with Crippen molar-refractivity contribution in [1.82, 2.24) is 14.9 Å². The van der Waals surface area contributed by atoms with Crippen LogP contribution in [0.5, 0.6) is 0 Å². The third kappa shape index (κ3) is 4.38. The van der Waals surface area contributed by atoms with E-state index in [4.69, 9.17) is 0 Å². The fourth-order valence-electron chi connectivity index (χ4n) is 2.35. The Kier molecular flexibility index (Phi) is 6.85. The van der Waals surface area contributed by atoms with Gasteiger partial charge in [0.1, 0.15) is 0 Å². The zero-order valence-corrected chi connectivity index (χ0v) is 15.4. The summed E-state index contributed by atoms with van der Waals surface area (Å²) < 4.78 is 1.71. The van der Waals surface area contributed by atoms with Crippen LogP contribution in [0.4, 0.5) is 0 Å². The zero-order chi connectivity index (χ0) is 17.5. The van der Waals surface area contributed by atoms with Crippen molar-refractivity contribution < 1.29 is 4.79 Å². The number of rotatable bonds is 8. The lowest BCUT2D eigenvalue weighted by Gasteiger charge is -2.16. The van der Waals surface area contributed by atoms with Gasteiger partial charge in [0.15, 0.2) is 5.16 Å². The summed E-state index contributed by atoms with van der Waals surface area (Å²) in [4.78, 5) is 29.6. The molecule has 6 heteroatoms. The minimum Gasteiger partial charge on any atom is -0.355 e. The summed E-state index contributed by atoms with van der Waals surface area (Å²) in [5, 5.41) is 3.84. The average molecular weight is 347 g/mol. The Bertz CT molecular complexity index is 758. The molecule has 1 atom stereocenters. The third-order valence-electron chi connectivity index (χ3n) is 3.76.